The lowest BCUT2D eigenvalue weighted by Gasteiger charge is -2.34. The molecule has 0 saturated carbocycles. The lowest BCUT2D eigenvalue weighted by molar-refractivity contribution is -0.117. The number of amides is 1. The van der Waals surface area contributed by atoms with Crippen molar-refractivity contribution in [3.05, 3.63) is 29.0 Å². The molecule has 1 aliphatic heterocycles. The van der Waals surface area contributed by atoms with E-state index in [1.54, 1.807) is 0 Å². The number of likely N-dealkylation sites (tertiary alicyclic amines) is 1. The summed E-state index contributed by atoms with van der Waals surface area (Å²) in [6, 6.07) is 3.96. The second-order valence-corrected chi connectivity index (χ2v) is 6.22. The molecule has 1 fully saturated rings. The Morgan fingerprint density at radius 1 is 1.40 bits per heavy atom. The third-order valence-electron chi connectivity index (χ3n) is 3.52. The Morgan fingerprint density at radius 3 is 2.65 bits per heavy atom. The fraction of sp³-hybridized carbons (Fsp3) is 0.533. The molecule has 0 unspecified atom stereocenters. The Morgan fingerprint density at radius 2 is 2.05 bits per heavy atom. The predicted molar refractivity (Wildman–Crippen MR) is 79.4 cm³/mol. The van der Waals surface area contributed by atoms with Gasteiger partial charge < -0.3 is 5.32 Å². The van der Waals surface area contributed by atoms with Crippen molar-refractivity contribution in [1.82, 2.24) is 4.90 Å². The molecule has 1 aromatic carbocycles. The molecular formula is C15H20ClFN2O. The van der Waals surface area contributed by atoms with E-state index in [-0.39, 0.29) is 10.9 Å². The minimum atomic E-state index is -0.410. The van der Waals surface area contributed by atoms with E-state index in [1.807, 2.05) is 0 Å². The lowest BCUT2D eigenvalue weighted by atomic mass is 9.92. The van der Waals surface area contributed by atoms with Gasteiger partial charge in [0.05, 0.1) is 17.3 Å². The molecule has 0 aromatic heterocycles. The Kier molecular flexibility index (Phi) is 5.00. The molecule has 5 heteroatoms. The summed E-state index contributed by atoms with van der Waals surface area (Å²) in [7, 11) is 0. The molecule has 1 N–H and O–H groups in total. The topological polar surface area (TPSA) is 32.3 Å². The van der Waals surface area contributed by atoms with Gasteiger partial charge in [-0.2, -0.15) is 0 Å². The van der Waals surface area contributed by atoms with E-state index in [2.05, 4.69) is 24.1 Å². The number of rotatable bonds is 3. The van der Waals surface area contributed by atoms with Gasteiger partial charge >= 0.3 is 0 Å². The number of hydrogen-bond donors (Lipinski definition) is 1. The van der Waals surface area contributed by atoms with Gasteiger partial charge in [0.1, 0.15) is 5.82 Å². The Balaban J connectivity index is 1.92. The molecule has 3 nitrogen and oxygen atoms in total. The summed E-state index contributed by atoms with van der Waals surface area (Å²) in [5.74, 6) is 0.702. The molecule has 20 heavy (non-hydrogen) atoms. The van der Waals surface area contributed by atoms with Crippen molar-refractivity contribution < 1.29 is 9.18 Å². The maximum Gasteiger partial charge on any atom is 0.238 e. The average Bonchev–Trinajstić information content (AvgIpc) is 2.31. The standard InChI is InChI=1S/C15H20ClFN2O/c1-10-5-11(2)8-19(7-10)9-15(20)18-14-4-3-12(17)6-13(14)16/h3-4,6,10-11H,5,7-9H2,1-2H3,(H,18,20)/t10-,11+. The van der Waals surface area contributed by atoms with Gasteiger partial charge in [0.2, 0.25) is 5.91 Å². The molecule has 110 valence electrons. The normalized spacial score (nSPS) is 23.6. The van der Waals surface area contributed by atoms with Crippen LogP contribution in [0.15, 0.2) is 18.2 Å². The number of nitrogens with zero attached hydrogens (tertiary/aromatic N) is 1. The number of hydrogen-bond acceptors (Lipinski definition) is 2. The molecule has 0 spiro atoms. The molecule has 0 bridgehead atoms. The van der Waals surface area contributed by atoms with Crippen molar-refractivity contribution in [3.8, 4) is 0 Å². The van der Waals surface area contributed by atoms with Gasteiger partial charge in [-0.15, -0.1) is 0 Å². The highest BCUT2D eigenvalue weighted by molar-refractivity contribution is 6.33. The Bertz CT molecular complexity index is 485. The Labute approximate surface area is 124 Å². The van der Waals surface area contributed by atoms with Crippen LogP contribution in [0.5, 0.6) is 0 Å². The smallest absolute Gasteiger partial charge is 0.238 e. The van der Waals surface area contributed by atoms with Gasteiger partial charge in [0.15, 0.2) is 0 Å². The van der Waals surface area contributed by atoms with Gasteiger partial charge in [0, 0.05) is 13.1 Å². The van der Waals surface area contributed by atoms with Gasteiger partial charge in [-0.3, -0.25) is 9.69 Å². The van der Waals surface area contributed by atoms with Crippen LogP contribution < -0.4 is 5.32 Å². The van der Waals surface area contributed by atoms with Crippen LogP contribution in [0, 0.1) is 17.7 Å². The molecule has 1 saturated heterocycles. The van der Waals surface area contributed by atoms with Crippen LogP contribution in [-0.2, 0) is 4.79 Å². The molecule has 1 amide bonds. The minimum absolute atomic E-state index is 0.111. The van der Waals surface area contributed by atoms with E-state index in [1.165, 1.54) is 24.6 Å². The highest BCUT2D eigenvalue weighted by Crippen LogP contribution is 2.23. The molecular weight excluding hydrogens is 279 g/mol. The highest BCUT2D eigenvalue weighted by atomic mass is 35.5. The number of piperidine rings is 1. The van der Waals surface area contributed by atoms with Crippen molar-refractivity contribution in [2.45, 2.75) is 20.3 Å². The van der Waals surface area contributed by atoms with E-state index in [4.69, 9.17) is 11.6 Å². The molecule has 0 aliphatic carbocycles. The monoisotopic (exact) mass is 298 g/mol. The van der Waals surface area contributed by atoms with Crippen molar-refractivity contribution >= 4 is 23.2 Å². The van der Waals surface area contributed by atoms with E-state index >= 15 is 0 Å². The number of carbonyl (C=O) groups is 1. The zero-order chi connectivity index (χ0) is 14.7. The van der Waals surface area contributed by atoms with Crippen molar-refractivity contribution in [3.63, 3.8) is 0 Å². The molecule has 1 heterocycles. The van der Waals surface area contributed by atoms with Crippen LogP contribution in [0.3, 0.4) is 0 Å². The van der Waals surface area contributed by atoms with E-state index in [0.717, 1.165) is 13.1 Å². The summed E-state index contributed by atoms with van der Waals surface area (Å²) in [4.78, 5) is 14.2. The first-order valence-electron chi connectivity index (χ1n) is 6.91. The first kappa shape index (κ1) is 15.3. The van der Waals surface area contributed by atoms with Crippen molar-refractivity contribution in [2.24, 2.45) is 11.8 Å². The molecule has 1 aliphatic rings. The summed E-state index contributed by atoms with van der Waals surface area (Å²) < 4.78 is 12.9. The van der Waals surface area contributed by atoms with Crippen LogP contribution >= 0.6 is 11.6 Å². The first-order chi connectivity index (χ1) is 9.44. The lowest BCUT2D eigenvalue weighted by Crippen LogP contribution is -2.42. The second-order valence-electron chi connectivity index (χ2n) is 5.81. The predicted octanol–water partition coefficient (Wildman–Crippen LogP) is 3.40. The van der Waals surface area contributed by atoms with Crippen molar-refractivity contribution in [1.29, 1.82) is 0 Å². The van der Waals surface area contributed by atoms with E-state index in [0.29, 0.717) is 24.1 Å². The van der Waals surface area contributed by atoms with Gasteiger partial charge in [-0.1, -0.05) is 25.4 Å². The molecule has 2 atom stereocenters. The zero-order valence-corrected chi connectivity index (χ0v) is 12.6. The van der Waals surface area contributed by atoms with E-state index in [9.17, 15) is 9.18 Å². The number of anilines is 1. The van der Waals surface area contributed by atoms with E-state index < -0.39 is 5.82 Å². The summed E-state index contributed by atoms with van der Waals surface area (Å²) >= 11 is 5.89. The van der Waals surface area contributed by atoms with Crippen LogP contribution in [0.25, 0.3) is 0 Å². The number of nitrogens with one attached hydrogen (secondary N) is 1. The third-order valence-corrected chi connectivity index (χ3v) is 3.83. The van der Waals surface area contributed by atoms with Crippen molar-refractivity contribution in [2.75, 3.05) is 25.0 Å². The minimum Gasteiger partial charge on any atom is -0.324 e. The van der Waals surface area contributed by atoms with Crippen LogP contribution in [0.1, 0.15) is 20.3 Å². The summed E-state index contributed by atoms with van der Waals surface area (Å²) in [6.45, 7) is 6.64. The number of benzene rings is 1. The Hall–Kier alpha value is -1.13. The quantitative estimate of drug-likeness (QED) is 0.927. The van der Waals surface area contributed by atoms with Crippen LogP contribution in [0.2, 0.25) is 5.02 Å². The molecule has 1 aromatic rings. The third kappa shape index (κ3) is 4.18. The zero-order valence-electron chi connectivity index (χ0n) is 11.8. The highest BCUT2D eigenvalue weighted by Gasteiger charge is 2.23. The fourth-order valence-electron chi connectivity index (χ4n) is 2.90. The van der Waals surface area contributed by atoms with Gasteiger partial charge in [-0.05, 0) is 36.5 Å². The molecule has 0 radical (unpaired) electrons. The van der Waals surface area contributed by atoms with Crippen LogP contribution in [0.4, 0.5) is 10.1 Å². The average molecular weight is 299 g/mol. The molecule has 2 rings (SSSR count). The second kappa shape index (κ2) is 6.55. The number of halogens is 2. The fourth-order valence-corrected chi connectivity index (χ4v) is 3.12. The summed E-state index contributed by atoms with van der Waals surface area (Å²) in [5, 5.41) is 2.96. The summed E-state index contributed by atoms with van der Waals surface area (Å²) in [6.07, 6.45) is 1.21. The van der Waals surface area contributed by atoms with Crippen LogP contribution in [-0.4, -0.2) is 30.4 Å². The summed E-state index contributed by atoms with van der Waals surface area (Å²) in [5.41, 5.74) is 0.455. The SMILES string of the molecule is C[C@@H]1C[C@H](C)CN(CC(=O)Nc2ccc(F)cc2Cl)C1. The van der Waals surface area contributed by atoms with Gasteiger partial charge in [-0.25, -0.2) is 4.39 Å². The maximum atomic E-state index is 12.9. The first-order valence-corrected chi connectivity index (χ1v) is 7.29. The maximum absolute atomic E-state index is 12.9. The number of carbonyl (C=O) groups excluding carboxylic acids is 1. The largest absolute Gasteiger partial charge is 0.324 e. The van der Waals surface area contributed by atoms with Gasteiger partial charge in [0.25, 0.3) is 0 Å².